The van der Waals surface area contributed by atoms with Crippen molar-refractivity contribution < 1.29 is 53.2 Å². The Bertz CT molecular complexity index is 1870. The molecule has 3 heterocycles. The summed E-state index contributed by atoms with van der Waals surface area (Å²) in [4.78, 5) is 61.0. The van der Waals surface area contributed by atoms with Crippen LogP contribution in [0.2, 0.25) is 0 Å². The zero-order chi connectivity index (χ0) is 44.5. The fourth-order valence-electron chi connectivity index (χ4n) is 9.26. The Morgan fingerprint density at radius 2 is 1.66 bits per heavy atom. The number of aromatic hydroxyl groups is 1. The number of rotatable bonds is 22. The number of esters is 2. The van der Waals surface area contributed by atoms with Gasteiger partial charge in [0.25, 0.3) is 0 Å². The van der Waals surface area contributed by atoms with Crippen LogP contribution in [-0.2, 0) is 55.9 Å². The third-order valence-corrected chi connectivity index (χ3v) is 12.3. The second-order valence-corrected chi connectivity index (χ2v) is 18.3. The Labute approximate surface area is 366 Å². The summed E-state index contributed by atoms with van der Waals surface area (Å²) in [5.74, 6) is -2.50. The highest BCUT2D eigenvalue weighted by Gasteiger charge is 2.76. The Hall–Kier alpha value is -4.34. The normalized spacial score (nSPS) is 25.6. The van der Waals surface area contributed by atoms with Crippen LogP contribution in [0.5, 0.6) is 5.75 Å². The highest BCUT2D eigenvalue weighted by molar-refractivity contribution is 5.94. The molecule has 340 valence electrons. The molecular weight excluding hydrogens is 795 g/mol. The van der Waals surface area contributed by atoms with Crippen molar-refractivity contribution >= 4 is 29.8 Å². The molecule has 4 fully saturated rings. The molecule has 6 rings (SSSR count). The van der Waals surface area contributed by atoms with E-state index in [0.717, 1.165) is 55.2 Å². The molecule has 0 radical (unpaired) electrons. The molecule has 1 saturated carbocycles. The monoisotopic (exact) mass is 861 g/mol. The summed E-state index contributed by atoms with van der Waals surface area (Å²) in [6.07, 6.45) is 9.11. The fourth-order valence-corrected chi connectivity index (χ4v) is 9.26. The average molecular weight is 862 g/mol. The molecular formula is C48H67N3O11. The summed E-state index contributed by atoms with van der Waals surface area (Å²) >= 11 is 0. The van der Waals surface area contributed by atoms with Gasteiger partial charge in [0, 0.05) is 38.6 Å². The van der Waals surface area contributed by atoms with Crippen molar-refractivity contribution in [1.82, 2.24) is 15.7 Å². The first-order valence-electron chi connectivity index (χ1n) is 22.6. The number of amides is 2. The van der Waals surface area contributed by atoms with Crippen molar-refractivity contribution in [2.24, 2.45) is 5.41 Å². The summed E-state index contributed by atoms with van der Waals surface area (Å²) in [5.41, 5.74) is 0.580. The Kier molecular flexibility index (Phi) is 15.9. The van der Waals surface area contributed by atoms with Crippen LogP contribution in [0, 0.1) is 5.41 Å². The van der Waals surface area contributed by atoms with Gasteiger partial charge in [0.2, 0.25) is 11.8 Å². The third kappa shape index (κ3) is 11.2. The second kappa shape index (κ2) is 20.9. The number of hydroxylamine groups is 2. The number of aliphatic hydroxyl groups is 1. The van der Waals surface area contributed by atoms with Gasteiger partial charge in [-0.15, -0.1) is 0 Å². The number of fused-ring (bicyclic) bond motifs is 4. The van der Waals surface area contributed by atoms with Crippen LogP contribution in [0.3, 0.4) is 0 Å². The van der Waals surface area contributed by atoms with Crippen molar-refractivity contribution in [2.75, 3.05) is 13.2 Å². The van der Waals surface area contributed by atoms with E-state index in [2.05, 4.69) is 24.5 Å². The molecule has 3 saturated heterocycles. The number of allylic oxidation sites excluding steroid dienone is 1. The molecule has 2 amide bonds. The van der Waals surface area contributed by atoms with Crippen LogP contribution < -0.4 is 10.6 Å². The number of phenolic OH excluding ortho intramolecular Hbond substituents is 1. The molecule has 0 spiro atoms. The number of hydrogen-bond donors (Lipinski definition) is 4. The predicted molar refractivity (Wildman–Crippen MR) is 231 cm³/mol. The second-order valence-electron chi connectivity index (χ2n) is 18.3. The Balaban J connectivity index is 1.19. The molecule has 4 aliphatic rings. The van der Waals surface area contributed by atoms with E-state index in [4.69, 9.17) is 23.8 Å². The number of carbonyl (C=O) groups excluding carboxylic acids is 4. The minimum atomic E-state index is -1.41. The summed E-state index contributed by atoms with van der Waals surface area (Å²) in [6, 6.07) is 13.3. The van der Waals surface area contributed by atoms with E-state index in [1.807, 2.05) is 48.6 Å². The molecule has 2 aromatic rings. The SMILES string of the molecule is CCCCCC1(CCCCC)OC2C3CC4(C(=O)NCCC(=O)NC(CO)CCC(=O)OC(C)(C)C)C(ON(Cc5ccc(C=CCc6ccccc6O)cc5)C4C(=O)O3)C2O1. The molecule has 3 aliphatic heterocycles. The van der Waals surface area contributed by atoms with Gasteiger partial charge in [-0.05, 0) is 69.2 Å². The number of phenols is 1. The molecule has 1 aliphatic carbocycles. The van der Waals surface area contributed by atoms with E-state index in [9.17, 15) is 29.4 Å². The zero-order valence-electron chi connectivity index (χ0n) is 37.1. The van der Waals surface area contributed by atoms with Crippen LogP contribution in [0.25, 0.3) is 6.08 Å². The molecule has 14 nitrogen and oxygen atoms in total. The highest BCUT2D eigenvalue weighted by atomic mass is 16.8. The van der Waals surface area contributed by atoms with E-state index in [1.165, 1.54) is 0 Å². The number of hydrogen-bond acceptors (Lipinski definition) is 12. The van der Waals surface area contributed by atoms with Gasteiger partial charge in [-0.3, -0.25) is 24.0 Å². The van der Waals surface area contributed by atoms with Crippen LogP contribution in [0.15, 0.2) is 54.6 Å². The van der Waals surface area contributed by atoms with E-state index in [1.54, 1.807) is 38.0 Å². The number of nitrogens with zero attached hydrogens (tertiary/aromatic N) is 1. The number of benzene rings is 2. The molecule has 4 N–H and O–H groups in total. The smallest absolute Gasteiger partial charge is 0.327 e. The number of aliphatic hydroxyl groups excluding tert-OH is 1. The van der Waals surface area contributed by atoms with E-state index < -0.39 is 77.1 Å². The standard InChI is InChI=1S/C48H67N3O11/c1-6-8-12-26-47(27-13-9-7-2)60-40-37-29-48(45(57)49-28-25-38(54)50-35(31-52)23-24-39(55)59-46(3,4)5)42(44(56)58-37)51(62-43(48)41(40)61-47)30-33-21-19-32(20-22-33)15-14-17-34-16-10-11-18-36(34)53/h10-11,14-16,18-22,35,37,40-43,52-53H,6-9,12-13,17,23-31H2,1-5H3,(H,49,57)(H,50,54). The molecule has 2 aromatic carbocycles. The minimum Gasteiger partial charge on any atom is -0.508 e. The van der Waals surface area contributed by atoms with E-state index in [-0.39, 0.29) is 51.1 Å². The van der Waals surface area contributed by atoms with E-state index >= 15 is 0 Å². The number of unbranched alkanes of at least 4 members (excludes halogenated alkanes) is 4. The minimum absolute atomic E-state index is 0.0209. The number of para-hydroxylation sites is 1. The number of carbonyl (C=O) groups is 4. The average Bonchev–Trinajstić information content (AvgIpc) is 3.78. The molecule has 62 heavy (non-hydrogen) atoms. The lowest BCUT2D eigenvalue weighted by Crippen LogP contribution is -2.69. The van der Waals surface area contributed by atoms with Gasteiger partial charge in [-0.2, -0.15) is 5.06 Å². The lowest BCUT2D eigenvalue weighted by Gasteiger charge is -2.48. The fraction of sp³-hybridized carbons (Fsp3) is 0.625. The van der Waals surface area contributed by atoms with Gasteiger partial charge in [-0.25, -0.2) is 0 Å². The first-order chi connectivity index (χ1) is 29.7. The van der Waals surface area contributed by atoms with Gasteiger partial charge in [0.15, 0.2) is 11.8 Å². The van der Waals surface area contributed by atoms with Gasteiger partial charge >= 0.3 is 11.9 Å². The number of ether oxygens (including phenoxy) is 4. The van der Waals surface area contributed by atoms with Crippen molar-refractivity contribution in [3.63, 3.8) is 0 Å². The largest absolute Gasteiger partial charge is 0.508 e. The van der Waals surface area contributed by atoms with Crippen LogP contribution >= 0.6 is 0 Å². The van der Waals surface area contributed by atoms with Crippen molar-refractivity contribution in [2.45, 2.75) is 173 Å². The van der Waals surface area contributed by atoms with E-state index in [0.29, 0.717) is 19.3 Å². The molecule has 2 bridgehead atoms. The Morgan fingerprint density at radius 3 is 2.32 bits per heavy atom. The quantitative estimate of drug-likeness (QED) is 0.0780. The maximum Gasteiger partial charge on any atom is 0.327 e. The van der Waals surface area contributed by atoms with Crippen molar-refractivity contribution in [3.05, 3.63) is 71.3 Å². The third-order valence-electron chi connectivity index (χ3n) is 12.3. The maximum atomic E-state index is 14.8. The van der Waals surface area contributed by atoms with Gasteiger partial charge in [-0.1, -0.05) is 94.1 Å². The summed E-state index contributed by atoms with van der Waals surface area (Å²) in [6.45, 7) is 9.38. The molecule has 14 heteroatoms. The topological polar surface area (TPSA) is 182 Å². The summed E-state index contributed by atoms with van der Waals surface area (Å²) < 4.78 is 25.4. The van der Waals surface area contributed by atoms with Gasteiger partial charge in [0.1, 0.15) is 41.2 Å². The van der Waals surface area contributed by atoms with Crippen LogP contribution in [0.1, 0.15) is 128 Å². The maximum absolute atomic E-state index is 14.8. The zero-order valence-corrected chi connectivity index (χ0v) is 37.1. The van der Waals surface area contributed by atoms with Crippen molar-refractivity contribution in [1.29, 1.82) is 0 Å². The van der Waals surface area contributed by atoms with Gasteiger partial charge < -0.3 is 39.8 Å². The lowest BCUT2D eigenvalue weighted by molar-refractivity contribution is -0.224. The summed E-state index contributed by atoms with van der Waals surface area (Å²) in [5, 5.41) is 27.3. The molecule has 0 aromatic heterocycles. The van der Waals surface area contributed by atoms with Crippen LogP contribution in [0.4, 0.5) is 0 Å². The first kappa shape index (κ1) is 47.1. The van der Waals surface area contributed by atoms with Gasteiger partial charge in [0.05, 0.1) is 19.2 Å². The first-order valence-corrected chi connectivity index (χ1v) is 22.6. The summed E-state index contributed by atoms with van der Waals surface area (Å²) in [7, 11) is 0. The predicted octanol–water partition coefficient (Wildman–Crippen LogP) is 6.19. The molecule has 7 unspecified atom stereocenters. The number of nitrogens with one attached hydrogen (secondary N) is 2. The van der Waals surface area contributed by atoms with Crippen LogP contribution in [-0.4, -0.2) is 100 Å². The Morgan fingerprint density at radius 1 is 0.968 bits per heavy atom. The highest BCUT2D eigenvalue weighted by Crippen LogP contribution is 2.58. The van der Waals surface area contributed by atoms with Crippen molar-refractivity contribution in [3.8, 4) is 5.75 Å². The molecule has 7 atom stereocenters. The lowest BCUT2D eigenvalue weighted by atomic mass is 9.62.